The molecule has 0 radical (unpaired) electrons. The van der Waals surface area contributed by atoms with Crippen LogP contribution in [0.3, 0.4) is 0 Å². The van der Waals surface area contributed by atoms with E-state index in [0.29, 0.717) is 34.1 Å². The SMILES string of the molecule is COC(=O)c1ccc(C2CC(=O)Oc3cc(OC)c(OC)c(OC)c32)cc1. The Kier molecular flexibility index (Phi) is 5.21. The van der Waals surface area contributed by atoms with E-state index in [9.17, 15) is 9.59 Å². The van der Waals surface area contributed by atoms with Crippen LogP contribution in [0.2, 0.25) is 0 Å². The Morgan fingerprint density at radius 2 is 1.67 bits per heavy atom. The molecule has 142 valence electrons. The van der Waals surface area contributed by atoms with Crippen LogP contribution in [0.4, 0.5) is 0 Å². The molecule has 7 nitrogen and oxygen atoms in total. The van der Waals surface area contributed by atoms with E-state index in [4.69, 9.17) is 23.7 Å². The first-order chi connectivity index (χ1) is 13.0. The minimum absolute atomic E-state index is 0.135. The standard InChI is InChI=1S/C20H20O7/c1-23-15-10-14-17(19(25-3)18(15)24-2)13(9-16(21)27-14)11-5-7-12(8-6-11)20(22)26-4/h5-8,10,13H,9H2,1-4H3. The highest BCUT2D eigenvalue weighted by atomic mass is 16.5. The number of fused-ring (bicyclic) bond motifs is 1. The molecule has 1 aliphatic heterocycles. The first kappa shape index (κ1) is 18.6. The van der Waals surface area contributed by atoms with Crippen molar-refractivity contribution in [1.29, 1.82) is 0 Å². The van der Waals surface area contributed by atoms with Crippen molar-refractivity contribution in [3.05, 3.63) is 47.0 Å². The van der Waals surface area contributed by atoms with E-state index in [0.717, 1.165) is 5.56 Å². The van der Waals surface area contributed by atoms with Crippen LogP contribution in [-0.2, 0) is 9.53 Å². The fourth-order valence-corrected chi connectivity index (χ4v) is 3.26. The Balaban J connectivity index is 2.14. The highest BCUT2D eigenvalue weighted by molar-refractivity contribution is 5.89. The number of esters is 2. The summed E-state index contributed by atoms with van der Waals surface area (Å²) >= 11 is 0. The Morgan fingerprint density at radius 3 is 2.22 bits per heavy atom. The van der Waals surface area contributed by atoms with Crippen molar-refractivity contribution in [1.82, 2.24) is 0 Å². The third-order valence-corrected chi connectivity index (χ3v) is 4.51. The third kappa shape index (κ3) is 3.28. The lowest BCUT2D eigenvalue weighted by Crippen LogP contribution is -2.22. The minimum Gasteiger partial charge on any atom is -0.493 e. The maximum Gasteiger partial charge on any atom is 0.337 e. The molecule has 0 saturated heterocycles. The largest absolute Gasteiger partial charge is 0.493 e. The minimum atomic E-state index is -0.422. The summed E-state index contributed by atoms with van der Waals surface area (Å²) in [7, 11) is 5.86. The van der Waals surface area contributed by atoms with Crippen molar-refractivity contribution < 1.29 is 33.3 Å². The monoisotopic (exact) mass is 372 g/mol. The van der Waals surface area contributed by atoms with Crippen molar-refractivity contribution in [3.8, 4) is 23.0 Å². The number of methoxy groups -OCH3 is 4. The normalized spacial score (nSPS) is 15.4. The molecule has 2 aromatic carbocycles. The second kappa shape index (κ2) is 7.57. The van der Waals surface area contributed by atoms with Crippen LogP contribution in [0.15, 0.2) is 30.3 Å². The highest BCUT2D eigenvalue weighted by Gasteiger charge is 2.35. The lowest BCUT2D eigenvalue weighted by Gasteiger charge is -2.28. The molecule has 1 atom stereocenters. The maximum absolute atomic E-state index is 12.2. The fourth-order valence-electron chi connectivity index (χ4n) is 3.26. The maximum atomic E-state index is 12.2. The zero-order valence-corrected chi connectivity index (χ0v) is 15.5. The van der Waals surface area contributed by atoms with Gasteiger partial charge in [0, 0.05) is 17.5 Å². The molecule has 2 aromatic rings. The predicted octanol–water partition coefficient (Wildman–Crippen LogP) is 2.94. The Morgan fingerprint density at radius 1 is 1.00 bits per heavy atom. The summed E-state index contributed by atoms with van der Waals surface area (Å²) < 4.78 is 26.5. The van der Waals surface area contributed by atoms with Crippen LogP contribution in [-0.4, -0.2) is 40.4 Å². The Hall–Kier alpha value is -3.22. The van der Waals surface area contributed by atoms with Gasteiger partial charge in [-0.1, -0.05) is 12.1 Å². The van der Waals surface area contributed by atoms with Crippen molar-refractivity contribution in [3.63, 3.8) is 0 Å². The van der Waals surface area contributed by atoms with Crippen LogP contribution in [0.5, 0.6) is 23.0 Å². The molecule has 27 heavy (non-hydrogen) atoms. The third-order valence-electron chi connectivity index (χ3n) is 4.51. The van der Waals surface area contributed by atoms with Crippen LogP contribution in [0.25, 0.3) is 0 Å². The molecule has 1 unspecified atom stereocenters. The van der Waals surface area contributed by atoms with Crippen LogP contribution >= 0.6 is 0 Å². The van der Waals surface area contributed by atoms with E-state index in [1.165, 1.54) is 28.4 Å². The van der Waals surface area contributed by atoms with E-state index >= 15 is 0 Å². The second-order valence-electron chi connectivity index (χ2n) is 5.90. The summed E-state index contributed by atoms with van der Waals surface area (Å²) in [6.07, 6.45) is 0.135. The van der Waals surface area contributed by atoms with E-state index in [-0.39, 0.29) is 18.3 Å². The molecule has 0 saturated carbocycles. The van der Waals surface area contributed by atoms with Crippen LogP contribution < -0.4 is 18.9 Å². The Bertz CT molecular complexity index is 871. The lowest BCUT2D eigenvalue weighted by atomic mass is 9.85. The molecular formula is C20H20O7. The van der Waals surface area contributed by atoms with Gasteiger partial charge in [0.1, 0.15) is 5.75 Å². The topological polar surface area (TPSA) is 80.3 Å². The second-order valence-corrected chi connectivity index (χ2v) is 5.90. The summed E-state index contributed by atoms with van der Waals surface area (Å²) in [6, 6.07) is 8.51. The molecule has 1 aliphatic rings. The zero-order chi connectivity index (χ0) is 19.6. The van der Waals surface area contributed by atoms with Crippen molar-refractivity contribution >= 4 is 11.9 Å². The quantitative estimate of drug-likeness (QED) is 0.590. The van der Waals surface area contributed by atoms with E-state index < -0.39 is 5.97 Å². The van der Waals surface area contributed by atoms with Gasteiger partial charge in [0.15, 0.2) is 11.5 Å². The van der Waals surface area contributed by atoms with Gasteiger partial charge in [0.05, 0.1) is 40.4 Å². The van der Waals surface area contributed by atoms with Crippen LogP contribution in [0.1, 0.15) is 33.8 Å². The number of carbonyl (C=O) groups is 2. The molecule has 0 aromatic heterocycles. The van der Waals surface area contributed by atoms with E-state index in [1.807, 2.05) is 0 Å². The molecule has 0 amide bonds. The van der Waals surface area contributed by atoms with Gasteiger partial charge in [-0.2, -0.15) is 0 Å². The van der Waals surface area contributed by atoms with Gasteiger partial charge in [-0.3, -0.25) is 4.79 Å². The summed E-state index contributed by atoms with van der Waals surface area (Å²) in [6.45, 7) is 0. The Labute approximate surface area is 156 Å². The average molecular weight is 372 g/mol. The number of rotatable bonds is 5. The summed E-state index contributed by atoms with van der Waals surface area (Å²) in [5, 5.41) is 0. The number of hydrogen-bond acceptors (Lipinski definition) is 7. The van der Waals surface area contributed by atoms with Crippen molar-refractivity contribution in [2.24, 2.45) is 0 Å². The summed E-state index contributed by atoms with van der Waals surface area (Å²) in [4.78, 5) is 23.8. The van der Waals surface area contributed by atoms with Gasteiger partial charge in [0.2, 0.25) is 5.75 Å². The van der Waals surface area contributed by atoms with Crippen molar-refractivity contribution in [2.75, 3.05) is 28.4 Å². The van der Waals surface area contributed by atoms with Gasteiger partial charge in [-0.25, -0.2) is 4.79 Å². The van der Waals surface area contributed by atoms with Gasteiger partial charge in [0.25, 0.3) is 0 Å². The average Bonchev–Trinajstić information content (AvgIpc) is 2.70. The van der Waals surface area contributed by atoms with E-state index in [2.05, 4.69) is 0 Å². The molecule has 7 heteroatoms. The smallest absolute Gasteiger partial charge is 0.337 e. The van der Waals surface area contributed by atoms with Gasteiger partial charge < -0.3 is 23.7 Å². The van der Waals surface area contributed by atoms with Gasteiger partial charge in [-0.05, 0) is 17.7 Å². The lowest BCUT2D eigenvalue weighted by molar-refractivity contribution is -0.135. The predicted molar refractivity (Wildman–Crippen MR) is 96.0 cm³/mol. The zero-order valence-electron chi connectivity index (χ0n) is 15.5. The molecule has 0 aliphatic carbocycles. The molecule has 0 N–H and O–H groups in total. The molecule has 0 spiro atoms. The van der Waals surface area contributed by atoms with E-state index in [1.54, 1.807) is 30.3 Å². The number of hydrogen-bond donors (Lipinski definition) is 0. The first-order valence-electron chi connectivity index (χ1n) is 8.25. The number of benzene rings is 2. The summed E-state index contributed by atoms with van der Waals surface area (Å²) in [5.41, 5.74) is 1.96. The highest BCUT2D eigenvalue weighted by Crippen LogP contribution is 2.52. The number of carbonyl (C=O) groups excluding carboxylic acids is 2. The fraction of sp³-hybridized carbons (Fsp3) is 0.300. The molecule has 0 fully saturated rings. The summed E-state index contributed by atoms with van der Waals surface area (Å²) in [5.74, 6) is 0.537. The van der Waals surface area contributed by atoms with Gasteiger partial charge in [-0.15, -0.1) is 0 Å². The van der Waals surface area contributed by atoms with Crippen LogP contribution in [0, 0.1) is 0 Å². The van der Waals surface area contributed by atoms with Crippen molar-refractivity contribution in [2.45, 2.75) is 12.3 Å². The molecule has 3 rings (SSSR count). The first-order valence-corrected chi connectivity index (χ1v) is 8.25. The van der Waals surface area contributed by atoms with Gasteiger partial charge >= 0.3 is 11.9 Å². The number of ether oxygens (including phenoxy) is 5. The molecule has 1 heterocycles. The molecule has 0 bridgehead atoms. The molecular weight excluding hydrogens is 352 g/mol.